The van der Waals surface area contributed by atoms with Gasteiger partial charge in [0.15, 0.2) is 0 Å². The molecule has 1 atom stereocenters. The van der Waals surface area contributed by atoms with E-state index in [-0.39, 0.29) is 30.0 Å². The van der Waals surface area contributed by atoms with Crippen LogP contribution in [0.15, 0.2) is 54.8 Å². The number of benzene rings is 1. The zero-order valence-electron chi connectivity index (χ0n) is 17.2. The first-order chi connectivity index (χ1) is 12.8. The molecule has 1 N–H and O–H groups in total. The number of allylic oxidation sites excluding steroid dienone is 3. The topological polar surface area (TPSA) is 47.6 Å². The molecule has 146 valence electrons. The summed E-state index contributed by atoms with van der Waals surface area (Å²) in [5.41, 5.74) is -0.129. The summed E-state index contributed by atoms with van der Waals surface area (Å²) in [5, 5.41) is 2.83. The molecule has 4 nitrogen and oxygen atoms in total. The van der Waals surface area contributed by atoms with Crippen LogP contribution in [0.1, 0.15) is 64.2 Å². The van der Waals surface area contributed by atoms with Gasteiger partial charge in [-0.3, -0.25) is 4.79 Å². The van der Waals surface area contributed by atoms with E-state index < -0.39 is 0 Å². The average Bonchev–Trinajstić information content (AvgIpc) is 2.85. The molecule has 0 radical (unpaired) electrons. The quantitative estimate of drug-likeness (QED) is 0.392. The number of unbranched alkanes of at least 4 members (excludes halogenated alkanes) is 2. The van der Waals surface area contributed by atoms with E-state index in [1.807, 2.05) is 52.0 Å². The Morgan fingerprint density at radius 2 is 1.74 bits per heavy atom. The van der Waals surface area contributed by atoms with Crippen LogP contribution in [0.2, 0.25) is 5.82 Å². The van der Waals surface area contributed by atoms with E-state index in [0.29, 0.717) is 5.56 Å². The maximum atomic E-state index is 12.2. The van der Waals surface area contributed by atoms with Crippen LogP contribution in [-0.2, 0) is 9.31 Å². The third kappa shape index (κ3) is 5.81. The lowest BCUT2D eigenvalue weighted by Crippen LogP contribution is -2.41. The summed E-state index contributed by atoms with van der Waals surface area (Å²) >= 11 is 0. The summed E-state index contributed by atoms with van der Waals surface area (Å²) in [4.78, 5) is 12.2. The minimum absolute atomic E-state index is 0.0704. The van der Waals surface area contributed by atoms with E-state index in [1.165, 1.54) is 0 Å². The Balaban J connectivity index is 2.06. The normalized spacial score (nSPS) is 19.7. The van der Waals surface area contributed by atoms with Gasteiger partial charge >= 0.3 is 7.12 Å². The molecule has 1 unspecified atom stereocenters. The van der Waals surface area contributed by atoms with Gasteiger partial charge in [-0.25, -0.2) is 0 Å². The summed E-state index contributed by atoms with van der Waals surface area (Å²) < 4.78 is 12.4. The Hall–Kier alpha value is -1.85. The molecule has 1 aliphatic rings. The zero-order valence-corrected chi connectivity index (χ0v) is 17.2. The second-order valence-corrected chi connectivity index (χ2v) is 7.97. The molecule has 0 bridgehead atoms. The minimum Gasteiger partial charge on any atom is -0.403 e. The smallest absolute Gasteiger partial charge is 0.403 e. The number of carbonyl (C=O) groups is 1. The van der Waals surface area contributed by atoms with Crippen LogP contribution in [-0.4, -0.2) is 24.2 Å². The van der Waals surface area contributed by atoms with Crippen molar-refractivity contribution < 1.29 is 14.1 Å². The highest BCUT2D eigenvalue weighted by Gasteiger charge is 2.52. The van der Waals surface area contributed by atoms with Crippen molar-refractivity contribution in [3.8, 4) is 0 Å². The Morgan fingerprint density at radius 3 is 2.33 bits per heavy atom. The van der Waals surface area contributed by atoms with E-state index in [9.17, 15) is 4.79 Å². The van der Waals surface area contributed by atoms with Gasteiger partial charge in [-0.05, 0) is 46.2 Å². The first-order valence-corrected chi connectivity index (χ1v) is 9.82. The fourth-order valence-corrected chi connectivity index (χ4v) is 2.77. The predicted octanol–water partition coefficient (Wildman–Crippen LogP) is 5.14. The van der Waals surface area contributed by atoms with Crippen molar-refractivity contribution in [2.75, 3.05) is 0 Å². The maximum Gasteiger partial charge on any atom is 0.469 e. The van der Waals surface area contributed by atoms with Crippen molar-refractivity contribution >= 4 is 13.0 Å². The third-order valence-electron chi connectivity index (χ3n) is 5.24. The van der Waals surface area contributed by atoms with Crippen molar-refractivity contribution in [2.24, 2.45) is 0 Å². The van der Waals surface area contributed by atoms with E-state index >= 15 is 0 Å². The summed E-state index contributed by atoms with van der Waals surface area (Å²) in [5.74, 6) is -0.200. The largest absolute Gasteiger partial charge is 0.469 e. The molecule has 2 rings (SSSR count). The zero-order chi connectivity index (χ0) is 19.9. The Morgan fingerprint density at radius 1 is 1.11 bits per heavy atom. The third-order valence-corrected chi connectivity index (χ3v) is 5.24. The highest BCUT2D eigenvalue weighted by atomic mass is 16.7. The molecule has 0 aliphatic carbocycles. The molecule has 5 heteroatoms. The standard InChI is InChI=1S/C22H32BNO3/c1-6-7-8-12-15-19(23-26-21(2,3)22(4,5)27-23)16-17-24-20(25)18-13-10-9-11-14-18/h9-17,19H,6-8H2,1-5H3,(H,24,25)/b15-12+,17-16+. The average molecular weight is 369 g/mol. The number of hydrogen-bond donors (Lipinski definition) is 1. The maximum absolute atomic E-state index is 12.2. The summed E-state index contributed by atoms with van der Waals surface area (Å²) in [6.45, 7) is 10.4. The van der Waals surface area contributed by atoms with Gasteiger partial charge in [0.05, 0.1) is 11.2 Å². The molecule has 1 aromatic rings. The molecule has 1 aliphatic heterocycles. The molecule has 1 amide bonds. The lowest BCUT2D eigenvalue weighted by Gasteiger charge is -2.32. The number of amides is 1. The Labute approximate surface area is 164 Å². The van der Waals surface area contributed by atoms with Crippen LogP contribution < -0.4 is 5.32 Å². The molecule has 0 spiro atoms. The fraction of sp³-hybridized carbons (Fsp3) is 0.500. The monoisotopic (exact) mass is 369 g/mol. The molecule has 27 heavy (non-hydrogen) atoms. The highest BCUT2D eigenvalue weighted by molar-refractivity contribution is 6.49. The van der Waals surface area contributed by atoms with Crippen LogP contribution in [0.4, 0.5) is 0 Å². The van der Waals surface area contributed by atoms with Gasteiger partial charge in [0.25, 0.3) is 5.91 Å². The van der Waals surface area contributed by atoms with Crippen molar-refractivity contribution in [3.05, 3.63) is 60.3 Å². The Bertz CT molecular complexity index is 651. The first kappa shape index (κ1) is 21.5. The van der Waals surface area contributed by atoms with Gasteiger partial charge in [-0.15, -0.1) is 0 Å². The van der Waals surface area contributed by atoms with Gasteiger partial charge in [-0.2, -0.15) is 0 Å². The highest BCUT2D eigenvalue weighted by Crippen LogP contribution is 2.40. The Kier molecular flexibility index (Phi) is 7.45. The molecule has 1 heterocycles. The lowest BCUT2D eigenvalue weighted by atomic mass is 9.71. The van der Waals surface area contributed by atoms with E-state index in [0.717, 1.165) is 19.3 Å². The summed E-state index contributed by atoms with van der Waals surface area (Å²) in [7, 11) is -0.377. The van der Waals surface area contributed by atoms with Gasteiger partial charge in [0, 0.05) is 17.6 Å². The molecule has 1 aromatic carbocycles. The van der Waals surface area contributed by atoms with Crippen molar-refractivity contribution in [2.45, 2.75) is 70.9 Å². The number of nitrogens with one attached hydrogen (secondary N) is 1. The van der Waals surface area contributed by atoms with Crippen molar-refractivity contribution in [1.29, 1.82) is 0 Å². The minimum atomic E-state index is -0.381. The number of carbonyl (C=O) groups excluding carboxylic acids is 1. The van der Waals surface area contributed by atoms with Crippen LogP contribution in [0, 0.1) is 0 Å². The SMILES string of the molecule is CCCC/C=C/C(/C=C/NC(=O)c1ccccc1)B1OC(C)(C)C(C)(C)O1. The van der Waals surface area contributed by atoms with E-state index in [2.05, 4.69) is 24.4 Å². The van der Waals surface area contributed by atoms with Crippen molar-refractivity contribution in [1.82, 2.24) is 5.32 Å². The summed E-state index contributed by atoms with van der Waals surface area (Å²) in [6, 6.07) is 9.17. The number of rotatable bonds is 8. The van der Waals surface area contributed by atoms with Gasteiger partial charge in [-0.1, -0.05) is 56.2 Å². The van der Waals surface area contributed by atoms with E-state index in [1.54, 1.807) is 18.3 Å². The van der Waals surface area contributed by atoms with Crippen molar-refractivity contribution in [3.63, 3.8) is 0 Å². The predicted molar refractivity (Wildman–Crippen MR) is 112 cm³/mol. The molecular formula is C22H32BNO3. The van der Waals surface area contributed by atoms with E-state index in [4.69, 9.17) is 9.31 Å². The van der Waals surface area contributed by atoms with Crippen LogP contribution >= 0.6 is 0 Å². The number of hydrogen-bond acceptors (Lipinski definition) is 3. The van der Waals surface area contributed by atoms with Crippen LogP contribution in [0.25, 0.3) is 0 Å². The van der Waals surface area contributed by atoms with Crippen LogP contribution in [0.5, 0.6) is 0 Å². The summed E-state index contributed by atoms with van der Waals surface area (Å²) in [6.07, 6.45) is 11.2. The molecule has 0 aromatic heterocycles. The van der Waals surface area contributed by atoms with Gasteiger partial charge in [0.1, 0.15) is 0 Å². The second-order valence-electron chi connectivity index (χ2n) is 7.97. The van der Waals surface area contributed by atoms with Gasteiger partial charge < -0.3 is 14.6 Å². The first-order valence-electron chi connectivity index (χ1n) is 9.82. The van der Waals surface area contributed by atoms with Crippen LogP contribution in [0.3, 0.4) is 0 Å². The molecule has 1 saturated heterocycles. The lowest BCUT2D eigenvalue weighted by molar-refractivity contribution is 0.00578. The van der Waals surface area contributed by atoms with Gasteiger partial charge in [0.2, 0.25) is 0 Å². The molecule has 1 fully saturated rings. The fourth-order valence-electron chi connectivity index (χ4n) is 2.77. The second kappa shape index (κ2) is 9.38. The molecular weight excluding hydrogens is 337 g/mol. The molecule has 0 saturated carbocycles.